The van der Waals surface area contributed by atoms with Crippen molar-refractivity contribution in [2.24, 2.45) is 0 Å². The van der Waals surface area contributed by atoms with Crippen LogP contribution in [0.5, 0.6) is 0 Å². The van der Waals surface area contributed by atoms with Gasteiger partial charge in [0.1, 0.15) is 6.04 Å². The van der Waals surface area contributed by atoms with E-state index in [0.29, 0.717) is 38.8 Å². The van der Waals surface area contributed by atoms with E-state index in [2.05, 4.69) is 49.6 Å². The largest absolute Gasteiger partial charge is 0.354 e. The van der Waals surface area contributed by atoms with E-state index in [1.54, 1.807) is 29.9 Å². The van der Waals surface area contributed by atoms with E-state index >= 15 is 0 Å². The summed E-state index contributed by atoms with van der Waals surface area (Å²) in [6, 6.07) is -1.40. The number of carbonyl (C=O) groups is 3. The Morgan fingerprint density at radius 3 is 2.15 bits per heavy atom. The lowest BCUT2D eigenvalue weighted by Gasteiger charge is -2.31. The second-order valence-corrected chi connectivity index (χ2v) is 13.2. The number of hydrogen-bond acceptors (Lipinski definition) is 6. The van der Waals surface area contributed by atoms with Crippen LogP contribution in [0.3, 0.4) is 0 Å². The lowest BCUT2D eigenvalue weighted by molar-refractivity contribution is -0.142. The number of nitrogens with one attached hydrogen (secondary N) is 4. The number of allylic oxidation sites excluding steroid dienone is 2. The van der Waals surface area contributed by atoms with Crippen LogP contribution in [0.1, 0.15) is 115 Å². The predicted octanol–water partition coefficient (Wildman–Crippen LogP) is 5.09. The third kappa shape index (κ3) is 14.5. The first-order chi connectivity index (χ1) is 22.9. The van der Waals surface area contributed by atoms with Crippen LogP contribution in [0.15, 0.2) is 37.2 Å². The van der Waals surface area contributed by atoms with Crippen molar-refractivity contribution in [1.82, 2.24) is 40.4 Å². The van der Waals surface area contributed by atoms with Crippen LogP contribution in [0.2, 0.25) is 0 Å². The second kappa shape index (κ2) is 22.2. The van der Waals surface area contributed by atoms with E-state index in [1.807, 2.05) is 19.0 Å². The highest BCUT2D eigenvalue weighted by Crippen LogP contribution is 2.22. The van der Waals surface area contributed by atoms with E-state index in [0.717, 1.165) is 37.1 Å². The van der Waals surface area contributed by atoms with Crippen molar-refractivity contribution in [3.8, 4) is 0 Å². The van der Waals surface area contributed by atoms with E-state index in [-0.39, 0.29) is 23.8 Å². The first-order valence-electron chi connectivity index (χ1n) is 18.0. The first kappa shape index (κ1) is 38.0. The molecule has 3 amide bonds. The number of hydrogen-bond donors (Lipinski definition) is 4. The molecule has 1 aliphatic heterocycles. The average molecular weight is 653 g/mol. The lowest BCUT2D eigenvalue weighted by atomic mass is 10.1. The number of H-pyrrole nitrogens is 2. The summed E-state index contributed by atoms with van der Waals surface area (Å²) >= 11 is 0. The van der Waals surface area contributed by atoms with Crippen molar-refractivity contribution < 1.29 is 14.4 Å². The van der Waals surface area contributed by atoms with Gasteiger partial charge in [-0.15, -0.1) is 0 Å². The summed E-state index contributed by atoms with van der Waals surface area (Å²) in [4.78, 5) is 57.9. The standard InChI is InChI=1S/C36H60N8O3/c1-4-5-6-7-8-9-10-11-12-13-14-15-16-17-18-19-34(45)42-31-23-32(35(46)39-21-20-29-24-37-27-40-29)44(26-31)36(47)33(43(2)3)22-30-25-38-28-41-30/h11-12,24-25,27-28,31-33H,4-10,13-23,26H2,1-3H3,(H,37,40)(H,38,41)(H,39,46)(H,42,45)/t31-,32-,33?/m0/s1. The minimum atomic E-state index is -0.654. The Morgan fingerprint density at radius 1 is 0.915 bits per heavy atom. The van der Waals surface area contributed by atoms with Crippen LogP contribution < -0.4 is 10.6 Å². The van der Waals surface area contributed by atoms with E-state index in [1.165, 1.54) is 57.8 Å². The molecule has 3 heterocycles. The minimum absolute atomic E-state index is 0.0121. The molecule has 0 spiro atoms. The molecule has 2 aromatic rings. The van der Waals surface area contributed by atoms with E-state index in [4.69, 9.17) is 0 Å². The van der Waals surface area contributed by atoms with Crippen molar-refractivity contribution >= 4 is 17.7 Å². The Balaban J connectivity index is 1.40. The van der Waals surface area contributed by atoms with Crippen molar-refractivity contribution in [2.75, 3.05) is 27.2 Å². The summed E-state index contributed by atoms with van der Waals surface area (Å²) in [5.74, 6) is -0.347. The van der Waals surface area contributed by atoms with Crippen LogP contribution in [0, 0.1) is 0 Å². The zero-order chi connectivity index (χ0) is 33.7. The number of nitrogens with zero attached hydrogens (tertiary/aromatic N) is 4. The average Bonchev–Trinajstić information content (AvgIpc) is 3.84. The van der Waals surface area contributed by atoms with Gasteiger partial charge in [0.2, 0.25) is 17.7 Å². The van der Waals surface area contributed by atoms with Gasteiger partial charge in [-0.2, -0.15) is 0 Å². The number of likely N-dealkylation sites (N-methyl/N-ethyl adjacent to an activating group) is 1. The number of amides is 3. The molecular formula is C36H60N8O3. The quantitative estimate of drug-likeness (QED) is 0.0921. The van der Waals surface area contributed by atoms with Gasteiger partial charge in [-0.05, 0) is 52.6 Å². The monoisotopic (exact) mass is 652 g/mol. The van der Waals surface area contributed by atoms with Gasteiger partial charge in [-0.3, -0.25) is 19.3 Å². The molecule has 262 valence electrons. The minimum Gasteiger partial charge on any atom is -0.354 e. The summed E-state index contributed by atoms with van der Waals surface area (Å²) in [6.45, 7) is 2.99. The molecule has 11 nitrogen and oxygen atoms in total. The topological polar surface area (TPSA) is 139 Å². The number of rotatable bonds is 24. The van der Waals surface area contributed by atoms with E-state index < -0.39 is 12.1 Å². The normalized spacial score (nSPS) is 17.1. The highest BCUT2D eigenvalue weighted by atomic mass is 16.2. The second-order valence-electron chi connectivity index (χ2n) is 13.2. The van der Waals surface area contributed by atoms with Gasteiger partial charge in [-0.1, -0.05) is 70.4 Å². The Labute approximate surface area is 282 Å². The molecule has 11 heteroatoms. The highest BCUT2D eigenvalue weighted by molar-refractivity contribution is 5.91. The predicted molar refractivity (Wildman–Crippen MR) is 187 cm³/mol. The van der Waals surface area contributed by atoms with Gasteiger partial charge in [-0.25, -0.2) is 9.97 Å². The van der Waals surface area contributed by atoms with Crippen LogP contribution in [-0.4, -0.2) is 92.8 Å². The molecule has 1 aliphatic rings. The summed E-state index contributed by atoms with van der Waals surface area (Å²) in [5.41, 5.74) is 1.78. The van der Waals surface area contributed by atoms with Gasteiger partial charge in [0, 0.05) is 62.2 Å². The van der Waals surface area contributed by atoms with Gasteiger partial charge in [0.05, 0.1) is 18.7 Å². The number of likely N-dealkylation sites (tertiary alicyclic amines) is 1. The van der Waals surface area contributed by atoms with Gasteiger partial charge < -0.3 is 25.5 Å². The molecule has 0 aliphatic carbocycles. The maximum absolute atomic E-state index is 13.9. The highest BCUT2D eigenvalue weighted by Gasteiger charge is 2.42. The molecule has 1 saturated heterocycles. The van der Waals surface area contributed by atoms with Gasteiger partial charge >= 0.3 is 0 Å². The molecule has 1 unspecified atom stereocenters. The number of aromatic nitrogens is 4. The van der Waals surface area contributed by atoms with E-state index in [9.17, 15) is 14.4 Å². The zero-order valence-corrected chi connectivity index (χ0v) is 29.1. The molecule has 0 radical (unpaired) electrons. The number of aromatic amines is 2. The first-order valence-corrected chi connectivity index (χ1v) is 18.0. The third-order valence-corrected chi connectivity index (χ3v) is 9.04. The molecule has 47 heavy (non-hydrogen) atoms. The lowest BCUT2D eigenvalue weighted by Crippen LogP contribution is -2.53. The Bertz CT molecular complexity index is 1170. The third-order valence-electron chi connectivity index (χ3n) is 9.04. The molecule has 0 bridgehead atoms. The zero-order valence-electron chi connectivity index (χ0n) is 29.1. The number of unbranched alkanes of at least 4 members (excludes halogenated alkanes) is 11. The summed E-state index contributed by atoms with van der Waals surface area (Å²) < 4.78 is 0. The molecule has 0 aromatic carbocycles. The fraction of sp³-hybridized carbons (Fsp3) is 0.694. The maximum Gasteiger partial charge on any atom is 0.242 e. The smallest absolute Gasteiger partial charge is 0.242 e. The van der Waals surface area contributed by atoms with Gasteiger partial charge in [0.25, 0.3) is 0 Å². The molecule has 2 aromatic heterocycles. The van der Waals surface area contributed by atoms with Crippen LogP contribution >= 0.6 is 0 Å². The van der Waals surface area contributed by atoms with Crippen LogP contribution in [0.4, 0.5) is 0 Å². The van der Waals surface area contributed by atoms with Crippen LogP contribution in [-0.2, 0) is 27.2 Å². The number of imidazole rings is 2. The SMILES string of the molecule is CCCCCCCCC=CCCCCCCCC(=O)N[C@H]1C[C@@H](C(=O)NCCc2cnc[nH]2)N(C(=O)C(Cc2cnc[nH]2)N(C)C)C1. The maximum atomic E-state index is 13.9. The molecule has 3 rings (SSSR count). The molecule has 0 saturated carbocycles. The van der Waals surface area contributed by atoms with Crippen molar-refractivity contribution in [3.63, 3.8) is 0 Å². The number of carbonyl (C=O) groups excluding carboxylic acids is 3. The molecule has 1 fully saturated rings. The Morgan fingerprint density at radius 2 is 1.53 bits per heavy atom. The Kier molecular flexibility index (Phi) is 17.9. The fourth-order valence-corrected chi connectivity index (χ4v) is 6.24. The van der Waals surface area contributed by atoms with Crippen LogP contribution in [0.25, 0.3) is 0 Å². The van der Waals surface area contributed by atoms with Crippen molar-refractivity contribution in [2.45, 2.75) is 134 Å². The van der Waals surface area contributed by atoms with Crippen molar-refractivity contribution in [3.05, 3.63) is 48.6 Å². The molecule has 4 N–H and O–H groups in total. The molecule has 3 atom stereocenters. The summed E-state index contributed by atoms with van der Waals surface area (Å²) in [5, 5.41) is 6.12. The summed E-state index contributed by atoms with van der Waals surface area (Å²) in [7, 11) is 3.73. The summed E-state index contributed by atoms with van der Waals surface area (Å²) in [6.07, 6.45) is 29.1. The fourth-order valence-electron chi connectivity index (χ4n) is 6.24. The molecular weight excluding hydrogens is 592 g/mol. The van der Waals surface area contributed by atoms with Crippen molar-refractivity contribution in [1.29, 1.82) is 0 Å². The van der Waals surface area contributed by atoms with Gasteiger partial charge in [0.15, 0.2) is 0 Å². The Hall–Kier alpha value is -3.47.